The zero-order valence-corrected chi connectivity index (χ0v) is 10.4. The van der Waals surface area contributed by atoms with E-state index < -0.39 is 18.1 Å². The van der Waals surface area contributed by atoms with Crippen molar-refractivity contribution in [3.05, 3.63) is 23.8 Å². The maximum Gasteiger partial charge on any atom is 0.407 e. The Bertz CT molecular complexity index is 519. The number of amides is 1. The Morgan fingerprint density at radius 1 is 1.45 bits per heavy atom. The highest BCUT2D eigenvalue weighted by Crippen LogP contribution is 2.37. The second kappa shape index (κ2) is 5.29. The van der Waals surface area contributed by atoms with Gasteiger partial charge in [-0.1, -0.05) is 6.07 Å². The van der Waals surface area contributed by atoms with Crippen LogP contribution in [0.3, 0.4) is 0 Å². The predicted molar refractivity (Wildman–Crippen MR) is 64.4 cm³/mol. The fourth-order valence-corrected chi connectivity index (χ4v) is 1.95. The van der Waals surface area contributed by atoms with Gasteiger partial charge in [-0.3, -0.25) is 4.79 Å². The van der Waals surface area contributed by atoms with E-state index in [4.69, 9.17) is 15.6 Å². The van der Waals surface area contributed by atoms with Gasteiger partial charge in [0, 0.05) is 6.54 Å². The first-order valence-corrected chi connectivity index (χ1v) is 5.85. The van der Waals surface area contributed by atoms with Crippen LogP contribution >= 0.6 is 0 Å². The third kappa shape index (κ3) is 2.70. The number of carbonyl (C=O) groups excluding carboxylic acids is 1. The van der Waals surface area contributed by atoms with Crippen LogP contribution in [0.15, 0.2) is 18.2 Å². The molecule has 1 aromatic carbocycles. The van der Waals surface area contributed by atoms with Crippen molar-refractivity contribution < 1.29 is 27.8 Å². The minimum atomic E-state index is -4.57. The van der Waals surface area contributed by atoms with E-state index in [-0.39, 0.29) is 36.8 Å². The van der Waals surface area contributed by atoms with Crippen LogP contribution in [0.4, 0.5) is 18.9 Å². The highest BCUT2D eigenvalue weighted by atomic mass is 19.4. The van der Waals surface area contributed by atoms with Gasteiger partial charge in [-0.25, -0.2) is 0 Å². The van der Waals surface area contributed by atoms with Crippen molar-refractivity contribution in [2.75, 3.05) is 24.7 Å². The molecule has 3 N–H and O–H groups in total. The Morgan fingerprint density at radius 2 is 2.15 bits per heavy atom. The Kier molecular flexibility index (Phi) is 3.87. The SMILES string of the molecule is NC(c1ccc2c(c1)N(CCO)C(=O)CO2)C(F)(F)F. The number of ether oxygens (including phenoxy) is 1. The molecule has 1 aliphatic rings. The van der Waals surface area contributed by atoms with Crippen molar-refractivity contribution in [2.45, 2.75) is 12.2 Å². The third-order valence-corrected chi connectivity index (χ3v) is 2.96. The van der Waals surface area contributed by atoms with Crippen LogP contribution in [0.5, 0.6) is 5.75 Å². The maximum atomic E-state index is 12.6. The van der Waals surface area contributed by atoms with Gasteiger partial charge in [0.15, 0.2) is 6.61 Å². The summed E-state index contributed by atoms with van der Waals surface area (Å²) in [4.78, 5) is 12.8. The van der Waals surface area contributed by atoms with Gasteiger partial charge in [0.1, 0.15) is 11.8 Å². The van der Waals surface area contributed by atoms with Crippen LogP contribution in [0.2, 0.25) is 0 Å². The lowest BCUT2D eigenvalue weighted by atomic mass is 10.0. The monoisotopic (exact) mass is 290 g/mol. The van der Waals surface area contributed by atoms with E-state index in [0.717, 1.165) is 0 Å². The van der Waals surface area contributed by atoms with Gasteiger partial charge in [-0.05, 0) is 17.7 Å². The standard InChI is InChI=1S/C12H13F3N2O3/c13-12(14,15)11(16)7-1-2-9-8(5-7)17(3-4-18)10(19)6-20-9/h1-2,5,11,18H,3-4,6,16H2. The van der Waals surface area contributed by atoms with Crippen LogP contribution in [0.25, 0.3) is 0 Å². The summed E-state index contributed by atoms with van der Waals surface area (Å²) in [6.07, 6.45) is -4.57. The lowest BCUT2D eigenvalue weighted by Gasteiger charge is -2.30. The molecule has 0 aromatic heterocycles. The molecule has 5 nitrogen and oxygen atoms in total. The van der Waals surface area contributed by atoms with Crippen molar-refractivity contribution in [3.63, 3.8) is 0 Å². The number of rotatable bonds is 3. The molecule has 0 saturated carbocycles. The number of anilines is 1. The fourth-order valence-electron chi connectivity index (χ4n) is 1.95. The Hall–Kier alpha value is -1.80. The molecular weight excluding hydrogens is 277 g/mol. The molecule has 1 heterocycles. The summed E-state index contributed by atoms with van der Waals surface area (Å²) in [6.45, 7) is -0.529. The number of halogens is 3. The molecule has 0 saturated heterocycles. The summed E-state index contributed by atoms with van der Waals surface area (Å²) in [5.74, 6) is -0.138. The summed E-state index contributed by atoms with van der Waals surface area (Å²) in [7, 11) is 0. The van der Waals surface area contributed by atoms with Crippen molar-refractivity contribution in [1.29, 1.82) is 0 Å². The first-order valence-electron chi connectivity index (χ1n) is 5.85. The van der Waals surface area contributed by atoms with Gasteiger partial charge in [-0.15, -0.1) is 0 Å². The smallest absolute Gasteiger partial charge is 0.407 e. The molecule has 1 unspecified atom stereocenters. The van der Waals surface area contributed by atoms with E-state index in [2.05, 4.69) is 0 Å². The first kappa shape index (κ1) is 14.6. The number of hydrogen-bond acceptors (Lipinski definition) is 4. The second-order valence-corrected chi connectivity index (χ2v) is 4.30. The highest BCUT2D eigenvalue weighted by molar-refractivity contribution is 5.97. The molecule has 2 rings (SSSR count). The lowest BCUT2D eigenvalue weighted by Crippen LogP contribution is -2.40. The van der Waals surface area contributed by atoms with Crippen LogP contribution in [-0.4, -0.2) is 36.9 Å². The summed E-state index contributed by atoms with van der Waals surface area (Å²) in [5.41, 5.74) is 5.16. The molecular formula is C12H13F3N2O3. The molecule has 1 aliphatic heterocycles. The molecule has 0 radical (unpaired) electrons. The largest absolute Gasteiger partial charge is 0.482 e. The van der Waals surface area contributed by atoms with Gasteiger partial charge < -0.3 is 20.5 Å². The average Bonchev–Trinajstić information content (AvgIpc) is 2.40. The number of aliphatic hydroxyl groups is 1. The number of alkyl halides is 3. The van der Waals surface area contributed by atoms with E-state index in [9.17, 15) is 18.0 Å². The number of nitrogens with two attached hydrogens (primary N) is 1. The van der Waals surface area contributed by atoms with Crippen LogP contribution < -0.4 is 15.4 Å². The van der Waals surface area contributed by atoms with E-state index >= 15 is 0 Å². The van der Waals surface area contributed by atoms with Crippen molar-refractivity contribution in [1.82, 2.24) is 0 Å². The maximum absolute atomic E-state index is 12.6. The summed E-state index contributed by atoms with van der Waals surface area (Å²) < 4.78 is 43.0. The first-order chi connectivity index (χ1) is 9.34. The molecule has 1 atom stereocenters. The van der Waals surface area contributed by atoms with E-state index in [1.165, 1.54) is 23.1 Å². The number of carbonyl (C=O) groups is 1. The number of nitrogens with zero attached hydrogens (tertiary/aromatic N) is 1. The molecule has 0 spiro atoms. The van der Waals surface area contributed by atoms with E-state index in [0.29, 0.717) is 0 Å². The molecule has 8 heteroatoms. The van der Waals surface area contributed by atoms with Crippen molar-refractivity contribution >= 4 is 11.6 Å². The minimum Gasteiger partial charge on any atom is -0.482 e. The molecule has 20 heavy (non-hydrogen) atoms. The Balaban J connectivity index is 2.40. The second-order valence-electron chi connectivity index (χ2n) is 4.30. The zero-order chi connectivity index (χ0) is 14.9. The third-order valence-electron chi connectivity index (χ3n) is 2.96. The minimum absolute atomic E-state index is 0.0140. The normalized spacial score (nSPS) is 16.6. The Labute approximate surface area is 112 Å². The Morgan fingerprint density at radius 3 is 2.75 bits per heavy atom. The number of fused-ring (bicyclic) bond motifs is 1. The highest BCUT2D eigenvalue weighted by Gasteiger charge is 2.38. The molecule has 1 amide bonds. The zero-order valence-electron chi connectivity index (χ0n) is 10.4. The van der Waals surface area contributed by atoms with Gasteiger partial charge in [0.25, 0.3) is 5.91 Å². The van der Waals surface area contributed by atoms with Gasteiger partial charge in [0.2, 0.25) is 0 Å². The summed E-state index contributed by atoms with van der Waals surface area (Å²) >= 11 is 0. The van der Waals surface area contributed by atoms with E-state index in [1.54, 1.807) is 0 Å². The number of benzene rings is 1. The predicted octanol–water partition coefficient (Wildman–Crippen LogP) is 0.966. The summed E-state index contributed by atoms with van der Waals surface area (Å²) in [6, 6.07) is 1.58. The number of hydrogen-bond donors (Lipinski definition) is 2. The molecule has 0 fully saturated rings. The van der Waals surface area contributed by atoms with Gasteiger partial charge in [0.05, 0.1) is 12.3 Å². The van der Waals surface area contributed by atoms with E-state index in [1.807, 2.05) is 0 Å². The molecule has 110 valence electrons. The van der Waals surface area contributed by atoms with Crippen LogP contribution in [0, 0.1) is 0 Å². The fraction of sp³-hybridized carbons (Fsp3) is 0.417. The van der Waals surface area contributed by atoms with Gasteiger partial charge >= 0.3 is 6.18 Å². The number of β-amino-alcohol motifs (C(OH)–C–C–N with tert-alkyl or cyclic N) is 1. The molecule has 1 aromatic rings. The topological polar surface area (TPSA) is 75.8 Å². The number of aliphatic hydroxyl groups excluding tert-OH is 1. The van der Waals surface area contributed by atoms with Gasteiger partial charge in [-0.2, -0.15) is 13.2 Å². The van der Waals surface area contributed by atoms with Crippen LogP contribution in [-0.2, 0) is 4.79 Å². The quantitative estimate of drug-likeness (QED) is 0.869. The summed E-state index contributed by atoms with van der Waals surface area (Å²) in [5, 5.41) is 8.93. The lowest BCUT2D eigenvalue weighted by molar-refractivity contribution is -0.149. The molecule has 0 aliphatic carbocycles. The van der Waals surface area contributed by atoms with Crippen molar-refractivity contribution in [3.8, 4) is 5.75 Å². The van der Waals surface area contributed by atoms with Crippen molar-refractivity contribution in [2.24, 2.45) is 5.73 Å². The molecule has 0 bridgehead atoms. The average molecular weight is 290 g/mol. The van der Waals surface area contributed by atoms with Crippen LogP contribution in [0.1, 0.15) is 11.6 Å².